The molecule has 1 aromatic carbocycles. The Hall–Kier alpha value is -1.59. The van der Waals surface area contributed by atoms with Crippen molar-refractivity contribution in [1.82, 2.24) is 9.55 Å². The van der Waals surface area contributed by atoms with Crippen LogP contribution in [0.3, 0.4) is 0 Å². The maximum Gasteiger partial charge on any atom is 0.111 e. The third-order valence-corrected chi connectivity index (χ3v) is 4.11. The fraction of sp³-hybridized carbons (Fsp3) is 0.533. The molecule has 0 aliphatic carbocycles. The molecule has 108 valence electrons. The number of rotatable bonds is 4. The van der Waals surface area contributed by atoms with E-state index in [1.165, 1.54) is 0 Å². The van der Waals surface area contributed by atoms with Crippen LogP contribution >= 0.6 is 0 Å². The van der Waals surface area contributed by atoms with Crippen LogP contribution in [0, 0.1) is 0 Å². The van der Waals surface area contributed by atoms with E-state index in [1.54, 1.807) is 7.11 Å². The lowest BCUT2D eigenvalue weighted by molar-refractivity contribution is -0.0292. The summed E-state index contributed by atoms with van der Waals surface area (Å²) >= 11 is 0. The molecule has 1 unspecified atom stereocenters. The Balaban J connectivity index is 2.05. The highest BCUT2D eigenvalue weighted by atomic mass is 16.5. The Bertz CT molecular complexity index is 615. The second-order valence-electron chi connectivity index (χ2n) is 5.41. The number of aryl methyl sites for hydroxylation is 1. The van der Waals surface area contributed by atoms with E-state index in [9.17, 15) is 0 Å². The molecule has 2 heterocycles. The second-order valence-corrected chi connectivity index (χ2v) is 5.41. The molecule has 1 atom stereocenters. The van der Waals surface area contributed by atoms with Gasteiger partial charge in [0.2, 0.25) is 0 Å². The minimum Gasteiger partial charge on any atom is -0.399 e. The first-order chi connectivity index (χ1) is 9.67. The fourth-order valence-electron chi connectivity index (χ4n) is 2.87. The lowest BCUT2D eigenvalue weighted by atomic mass is 10.0. The Kier molecular flexibility index (Phi) is 3.40. The van der Waals surface area contributed by atoms with Gasteiger partial charge in [0.15, 0.2) is 0 Å². The number of anilines is 1. The van der Waals surface area contributed by atoms with Crippen LogP contribution in [0.1, 0.15) is 19.2 Å². The van der Waals surface area contributed by atoms with Gasteiger partial charge >= 0.3 is 0 Å². The molecule has 2 N–H and O–H groups in total. The highest BCUT2D eigenvalue weighted by molar-refractivity contribution is 5.79. The quantitative estimate of drug-likeness (QED) is 0.867. The van der Waals surface area contributed by atoms with Gasteiger partial charge in [0, 0.05) is 32.2 Å². The monoisotopic (exact) mass is 275 g/mol. The fourth-order valence-corrected chi connectivity index (χ4v) is 2.87. The zero-order valence-electron chi connectivity index (χ0n) is 12.1. The van der Waals surface area contributed by atoms with Crippen LogP contribution < -0.4 is 5.73 Å². The lowest BCUT2D eigenvalue weighted by Gasteiger charge is -2.27. The largest absolute Gasteiger partial charge is 0.399 e. The summed E-state index contributed by atoms with van der Waals surface area (Å²) in [6, 6.07) is 5.89. The maximum absolute atomic E-state index is 5.85. The topological polar surface area (TPSA) is 62.3 Å². The van der Waals surface area contributed by atoms with E-state index in [-0.39, 0.29) is 5.60 Å². The van der Waals surface area contributed by atoms with E-state index < -0.39 is 0 Å². The summed E-state index contributed by atoms with van der Waals surface area (Å²) < 4.78 is 13.5. The number of hydrogen-bond acceptors (Lipinski definition) is 4. The average Bonchev–Trinajstić information content (AvgIpc) is 3.04. The lowest BCUT2D eigenvalue weighted by Crippen LogP contribution is -2.37. The van der Waals surface area contributed by atoms with Crippen molar-refractivity contribution in [2.45, 2.75) is 31.9 Å². The number of aromatic nitrogens is 2. The van der Waals surface area contributed by atoms with E-state index in [2.05, 4.69) is 16.5 Å². The van der Waals surface area contributed by atoms with E-state index in [0.717, 1.165) is 48.5 Å². The first-order valence-electron chi connectivity index (χ1n) is 7.05. The summed E-state index contributed by atoms with van der Waals surface area (Å²) in [5.41, 5.74) is 8.42. The van der Waals surface area contributed by atoms with E-state index in [4.69, 9.17) is 15.2 Å². The number of ether oxygens (including phenoxy) is 2. The van der Waals surface area contributed by atoms with Gasteiger partial charge in [-0.05, 0) is 18.2 Å². The summed E-state index contributed by atoms with van der Waals surface area (Å²) in [6.45, 7) is 4.29. The molecule has 1 fully saturated rings. The van der Waals surface area contributed by atoms with Crippen LogP contribution in [0.15, 0.2) is 18.2 Å². The number of benzene rings is 1. The minimum atomic E-state index is -0.237. The molecular weight excluding hydrogens is 254 g/mol. The van der Waals surface area contributed by atoms with Gasteiger partial charge in [-0.15, -0.1) is 0 Å². The van der Waals surface area contributed by atoms with Crippen LogP contribution in [0.2, 0.25) is 0 Å². The first-order valence-corrected chi connectivity index (χ1v) is 7.05. The van der Waals surface area contributed by atoms with Gasteiger partial charge < -0.3 is 19.8 Å². The summed E-state index contributed by atoms with van der Waals surface area (Å²) in [5.74, 6) is 1.06. The molecule has 3 rings (SSSR count). The third-order valence-electron chi connectivity index (χ3n) is 4.11. The Morgan fingerprint density at radius 1 is 1.50 bits per heavy atom. The molecule has 0 saturated carbocycles. The molecule has 5 nitrogen and oxygen atoms in total. The number of methoxy groups -OCH3 is 1. The van der Waals surface area contributed by atoms with Crippen molar-refractivity contribution in [3.8, 4) is 0 Å². The zero-order chi connectivity index (χ0) is 14.2. The van der Waals surface area contributed by atoms with Crippen molar-refractivity contribution < 1.29 is 9.47 Å². The molecule has 2 aromatic rings. The van der Waals surface area contributed by atoms with E-state index in [0.29, 0.717) is 6.61 Å². The van der Waals surface area contributed by atoms with Gasteiger partial charge in [0.1, 0.15) is 11.4 Å². The molecule has 0 radical (unpaired) electrons. The van der Waals surface area contributed by atoms with Crippen molar-refractivity contribution in [3.63, 3.8) is 0 Å². The standard InChI is InChI=1S/C15H21N3O2/c1-3-14-17-12-8-11(16)4-5-13(12)18(14)9-15(19-2)6-7-20-10-15/h4-5,8H,3,6-7,9-10,16H2,1-2H3. The van der Waals surface area contributed by atoms with Crippen molar-refractivity contribution >= 4 is 16.7 Å². The molecule has 5 heteroatoms. The van der Waals surface area contributed by atoms with Crippen molar-refractivity contribution in [2.24, 2.45) is 0 Å². The van der Waals surface area contributed by atoms with Gasteiger partial charge in [-0.25, -0.2) is 4.98 Å². The van der Waals surface area contributed by atoms with Gasteiger partial charge in [0.05, 0.1) is 24.2 Å². The number of nitrogen functional groups attached to an aromatic ring is 1. The van der Waals surface area contributed by atoms with Crippen LogP contribution in [-0.2, 0) is 22.4 Å². The SMILES string of the molecule is CCc1nc2cc(N)ccc2n1CC1(OC)CCOC1. The number of nitrogens with two attached hydrogens (primary N) is 1. The smallest absolute Gasteiger partial charge is 0.111 e. The van der Waals surface area contributed by atoms with Crippen molar-refractivity contribution in [2.75, 3.05) is 26.1 Å². The molecule has 1 aliphatic rings. The number of hydrogen-bond donors (Lipinski definition) is 1. The minimum absolute atomic E-state index is 0.237. The molecule has 1 aliphatic heterocycles. The molecule has 1 saturated heterocycles. The summed E-state index contributed by atoms with van der Waals surface area (Å²) in [6.07, 6.45) is 1.80. The molecule has 1 aromatic heterocycles. The molecule has 20 heavy (non-hydrogen) atoms. The van der Waals surface area contributed by atoms with Crippen LogP contribution in [0.5, 0.6) is 0 Å². The molecular formula is C15H21N3O2. The molecule has 0 bridgehead atoms. The number of imidazole rings is 1. The Morgan fingerprint density at radius 3 is 3.00 bits per heavy atom. The molecule has 0 amide bonds. The predicted molar refractivity (Wildman–Crippen MR) is 78.7 cm³/mol. The summed E-state index contributed by atoms with van der Waals surface area (Å²) in [4.78, 5) is 4.69. The zero-order valence-corrected chi connectivity index (χ0v) is 12.1. The van der Waals surface area contributed by atoms with Crippen LogP contribution in [0.4, 0.5) is 5.69 Å². The highest BCUT2D eigenvalue weighted by Gasteiger charge is 2.36. The summed E-state index contributed by atoms with van der Waals surface area (Å²) in [5, 5.41) is 0. The van der Waals surface area contributed by atoms with Gasteiger partial charge in [-0.3, -0.25) is 0 Å². The van der Waals surface area contributed by atoms with E-state index in [1.807, 2.05) is 18.2 Å². The molecule has 0 spiro atoms. The second kappa shape index (κ2) is 5.07. The normalized spacial score (nSPS) is 22.7. The van der Waals surface area contributed by atoms with Crippen molar-refractivity contribution in [3.05, 3.63) is 24.0 Å². The third kappa shape index (κ3) is 2.17. The highest BCUT2D eigenvalue weighted by Crippen LogP contribution is 2.28. The van der Waals surface area contributed by atoms with E-state index >= 15 is 0 Å². The number of fused-ring (bicyclic) bond motifs is 1. The van der Waals surface area contributed by atoms with Gasteiger partial charge in [-0.1, -0.05) is 6.92 Å². The summed E-state index contributed by atoms with van der Waals surface area (Å²) in [7, 11) is 1.76. The number of nitrogens with zero attached hydrogens (tertiary/aromatic N) is 2. The van der Waals surface area contributed by atoms with Gasteiger partial charge in [0.25, 0.3) is 0 Å². The maximum atomic E-state index is 5.85. The van der Waals surface area contributed by atoms with Gasteiger partial charge in [-0.2, -0.15) is 0 Å². The Morgan fingerprint density at radius 2 is 2.35 bits per heavy atom. The van der Waals surface area contributed by atoms with Crippen LogP contribution in [0.25, 0.3) is 11.0 Å². The first kappa shape index (κ1) is 13.4. The van der Waals surface area contributed by atoms with Crippen molar-refractivity contribution in [1.29, 1.82) is 0 Å². The average molecular weight is 275 g/mol. The van der Waals surface area contributed by atoms with Crippen LogP contribution in [-0.4, -0.2) is 35.5 Å². The Labute approximate surface area is 118 Å². The predicted octanol–water partition coefficient (Wildman–Crippen LogP) is 1.99.